The molecule has 3 saturated heterocycles. The van der Waals surface area contributed by atoms with E-state index in [1.54, 1.807) is 36.4 Å². The van der Waals surface area contributed by atoms with E-state index >= 15 is 0 Å². The minimum Gasteiger partial charge on any atom is -0.499 e. The number of allylic oxidation sites excluding steroid dienone is 1. The van der Waals surface area contributed by atoms with Crippen LogP contribution in [0.5, 0.6) is 11.5 Å². The fraction of sp³-hybridized carbons (Fsp3) is 0.400. The van der Waals surface area contributed by atoms with Gasteiger partial charge in [-0.3, -0.25) is 30.8 Å². The zero-order valence-corrected chi connectivity index (χ0v) is 30.9. The van der Waals surface area contributed by atoms with Gasteiger partial charge in [-0.2, -0.15) is 0 Å². The normalized spacial score (nSPS) is 31.2. The Kier molecular flexibility index (Phi) is 10.8. The molecule has 0 aromatic heterocycles. The third kappa shape index (κ3) is 6.71. The van der Waals surface area contributed by atoms with Crippen molar-refractivity contribution in [3.63, 3.8) is 0 Å². The number of ketones is 2. The Hall–Kier alpha value is -5.28. The molecule has 8 rings (SSSR count). The Morgan fingerprint density at radius 2 is 1.78 bits per heavy atom. The summed E-state index contributed by atoms with van der Waals surface area (Å²) in [5.74, 6) is -3.02. The molecule has 306 valence electrons. The van der Waals surface area contributed by atoms with Gasteiger partial charge >= 0.3 is 0 Å². The number of nitrogens with zero attached hydrogens (tertiary/aromatic N) is 1. The number of nitrogens with one attached hydrogen (secondary N) is 3. The van der Waals surface area contributed by atoms with Crippen molar-refractivity contribution in [2.75, 3.05) is 31.4 Å². The molecule has 18 heteroatoms. The SMILES string of the molecule is N[C@H]1NC(=O)[C@H]2NCN(c3ccccc3[C@@H]3/C=C/OC[C@@H]4O[C@H](Oc5c3cc3c(c5OC[C@H](O)CC=O)C(=O)c5ccccc5C3=O)[C@](O)(CCO)[C@H](O)[C@H]4O)[C@@H]2N1. The molecule has 1 aliphatic carbocycles. The van der Waals surface area contributed by atoms with E-state index in [4.69, 9.17) is 24.7 Å². The fourth-order valence-electron chi connectivity index (χ4n) is 8.27. The van der Waals surface area contributed by atoms with Crippen LogP contribution in [0.2, 0.25) is 0 Å². The number of amides is 1. The lowest BCUT2D eigenvalue weighted by molar-refractivity contribution is -0.323. The minimum atomic E-state index is -2.46. The molecule has 1 amide bonds. The summed E-state index contributed by atoms with van der Waals surface area (Å²) in [6.45, 7) is -1.36. The number of ether oxygens (including phenoxy) is 4. The van der Waals surface area contributed by atoms with E-state index in [9.17, 15) is 44.7 Å². The molecule has 58 heavy (non-hydrogen) atoms. The maximum atomic E-state index is 14.5. The van der Waals surface area contributed by atoms with E-state index in [2.05, 4.69) is 16.0 Å². The van der Waals surface area contributed by atoms with E-state index in [1.807, 2.05) is 11.0 Å². The third-order valence-electron chi connectivity index (χ3n) is 11.2. The average molecular weight is 802 g/mol. The Morgan fingerprint density at radius 1 is 1.03 bits per heavy atom. The predicted octanol–water partition coefficient (Wildman–Crippen LogP) is -1.57. The summed E-state index contributed by atoms with van der Waals surface area (Å²) in [6, 6.07) is 14.2. The van der Waals surface area contributed by atoms with Gasteiger partial charge in [0.05, 0.1) is 24.6 Å². The second kappa shape index (κ2) is 15.8. The van der Waals surface area contributed by atoms with Crippen LogP contribution in [0.3, 0.4) is 0 Å². The quantitative estimate of drug-likeness (QED) is 0.0865. The molecule has 0 radical (unpaired) electrons. The van der Waals surface area contributed by atoms with Crippen LogP contribution in [-0.2, 0) is 19.1 Å². The van der Waals surface area contributed by atoms with Gasteiger partial charge in [0.2, 0.25) is 12.2 Å². The molecule has 10 atom stereocenters. The molecular weight excluding hydrogens is 758 g/mol. The van der Waals surface area contributed by atoms with Gasteiger partial charge in [-0.05, 0) is 23.8 Å². The number of benzene rings is 3. The Labute approximate surface area is 331 Å². The van der Waals surface area contributed by atoms with Crippen molar-refractivity contribution in [3.05, 3.63) is 100 Å². The van der Waals surface area contributed by atoms with Gasteiger partial charge in [0.15, 0.2) is 28.7 Å². The number of carbonyl (C=O) groups excluding carboxylic acids is 4. The fourth-order valence-corrected chi connectivity index (χ4v) is 8.27. The van der Waals surface area contributed by atoms with Gasteiger partial charge in [0.1, 0.15) is 56.3 Å². The first-order chi connectivity index (χ1) is 28.0. The first-order valence-corrected chi connectivity index (χ1v) is 18.8. The van der Waals surface area contributed by atoms with Crippen LogP contribution >= 0.6 is 0 Å². The minimum absolute atomic E-state index is 0.0627. The van der Waals surface area contributed by atoms with Crippen molar-refractivity contribution in [2.24, 2.45) is 5.73 Å². The third-order valence-corrected chi connectivity index (χ3v) is 11.2. The highest BCUT2D eigenvalue weighted by Gasteiger charge is 2.57. The smallest absolute Gasteiger partial charge is 0.242 e. The van der Waals surface area contributed by atoms with Crippen LogP contribution in [0.4, 0.5) is 5.69 Å². The van der Waals surface area contributed by atoms with E-state index in [0.717, 1.165) is 0 Å². The van der Waals surface area contributed by atoms with Crippen molar-refractivity contribution >= 4 is 29.4 Å². The summed E-state index contributed by atoms with van der Waals surface area (Å²) >= 11 is 0. The first-order valence-electron chi connectivity index (χ1n) is 18.8. The molecule has 2 bridgehead atoms. The number of rotatable bonds is 9. The molecule has 18 nitrogen and oxygen atoms in total. The number of aliphatic hydroxyl groups is 5. The van der Waals surface area contributed by atoms with E-state index in [0.29, 0.717) is 17.5 Å². The molecule has 4 aliphatic heterocycles. The van der Waals surface area contributed by atoms with Crippen LogP contribution < -0.4 is 36.1 Å². The summed E-state index contributed by atoms with van der Waals surface area (Å²) in [5, 5.41) is 64.2. The van der Waals surface area contributed by atoms with Crippen molar-refractivity contribution < 1.29 is 63.7 Å². The van der Waals surface area contributed by atoms with Gasteiger partial charge in [-0.15, -0.1) is 0 Å². The highest BCUT2D eigenvalue weighted by molar-refractivity contribution is 6.29. The molecule has 0 unspecified atom stereocenters. The summed E-state index contributed by atoms with van der Waals surface area (Å²) in [7, 11) is 0. The summed E-state index contributed by atoms with van der Waals surface area (Å²) < 4.78 is 24.8. The maximum absolute atomic E-state index is 14.5. The lowest BCUT2D eigenvalue weighted by atomic mass is 9.79. The van der Waals surface area contributed by atoms with Crippen molar-refractivity contribution in [2.45, 2.75) is 73.6 Å². The molecular formula is C40H43N5O13. The van der Waals surface area contributed by atoms with Gasteiger partial charge in [-0.25, -0.2) is 0 Å². The topological polar surface area (TPSA) is 272 Å². The zero-order chi connectivity index (χ0) is 40.9. The molecule has 5 aliphatic rings. The van der Waals surface area contributed by atoms with Gasteiger partial charge in [-0.1, -0.05) is 42.5 Å². The van der Waals surface area contributed by atoms with Crippen LogP contribution in [0.25, 0.3) is 0 Å². The largest absolute Gasteiger partial charge is 0.499 e. The highest BCUT2D eigenvalue weighted by atomic mass is 16.7. The van der Waals surface area contributed by atoms with Crippen LogP contribution in [-0.4, -0.2) is 131 Å². The summed E-state index contributed by atoms with van der Waals surface area (Å²) in [5.41, 5.74) is 4.86. The molecule has 3 aromatic rings. The molecule has 0 spiro atoms. The number of para-hydroxylation sites is 1. The number of nitrogens with two attached hydrogens (primary N) is 1. The van der Waals surface area contributed by atoms with E-state index in [-0.39, 0.29) is 64.9 Å². The number of hydrogen-bond donors (Lipinski definition) is 9. The Morgan fingerprint density at radius 3 is 2.53 bits per heavy atom. The van der Waals surface area contributed by atoms with Gasteiger partial charge < -0.3 is 59.5 Å². The van der Waals surface area contributed by atoms with Crippen molar-refractivity contribution in [1.82, 2.24) is 16.0 Å². The lowest BCUT2D eigenvalue weighted by Crippen LogP contribution is -2.70. The van der Waals surface area contributed by atoms with Gasteiger partial charge in [0.25, 0.3) is 0 Å². The Bertz CT molecular complexity index is 2150. The van der Waals surface area contributed by atoms with Crippen molar-refractivity contribution in [3.8, 4) is 11.5 Å². The van der Waals surface area contributed by atoms with Crippen LogP contribution in [0.1, 0.15) is 61.7 Å². The molecule has 3 fully saturated rings. The average Bonchev–Trinajstić information content (AvgIpc) is 3.63. The monoisotopic (exact) mass is 801 g/mol. The maximum Gasteiger partial charge on any atom is 0.242 e. The second-order valence-electron chi connectivity index (χ2n) is 14.7. The standard InChI is InChI=1S/C40H43N5O13/c41-39-43-36-29(37(53)44-39)42-18-45(36)26-8-4-3-5-21(26)20-10-14-55-17-27-32(51)35(52)40(54,11-13-47)38(57-27)58-33-24(20)15-25-28(34(33)56-16-19(48)9-12-46)31(50)23-7-2-1-6-22(23)30(25)49/h1-8,10,12,14-15,19-20,27,29,32,35-36,38-39,42-43,47-48,51-52,54H,9,11,13,16-18,41H2,(H,44,53)/b14-10+/t19-,20+,27+,29+,32+,35-,36+,38-,39-,40+/m1/s1. The number of hydrogen-bond acceptors (Lipinski definition) is 17. The van der Waals surface area contributed by atoms with Crippen LogP contribution in [0.15, 0.2) is 66.9 Å². The number of fused-ring (bicyclic) bond motifs is 6. The number of aliphatic hydroxyl groups excluding tert-OH is 4. The summed E-state index contributed by atoms with van der Waals surface area (Å²) in [6.07, 6.45) is -7.04. The Balaban J connectivity index is 1.38. The van der Waals surface area contributed by atoms with Gasteiger partial charge in [0, 0.05) is 53.3 Å². The molecule has 4 heterocycles. The van der Waals surface area contributed by atoms with E-state index < -0.39 is 91.9 Å². The highest BCUT2D eigenvalue weighted by Crippen LogP contribution is 2.50. The zero-order valence-electron chi connectivity index (χ0n) is 30.9. The van der Waals surface area contributed by atoms with Crippen LogP contribution in [0, 0.1) is 0 Å². The van der Waals surface area contributed by atoms with E-state index in [1.165, 1.54) is 24.5 Å². The number of anilines is 1. The first kappa shape index (κ1) is 39.5. The number of aldehydes is 1. The second-order valence-corrected chi connectivity index (χ2v) is 14.7. The molecule has 0 saturated carbocycles. The lowest BCUT2D eigenvalue weighted by Gasteiger charge is -2.47. The van der Waals surface area contributed by atoms with Crippen molar-refractivity contribution in [1.29, 1.82) is 0 Å². The molecule has 3 aromatic carbocycles. The predicted molar refractivity (Wildman–Crippen MR) is 201 cm³/mol. The molecule has 10 N–H and O–H groups in total. The number of carbonyl (C=O) groups is 4. The summed E-state index contributed by atoms with van der Waals surface area (Å²) in [4.78, 5) is 55.1.